The van der Waals surface area contributed by atoms with Crippen LogP contribution in [-0.4, -0.2) is 27.2 Å². The summed E-state index contributed by atoms with van der Waals surface area (Å²) in [4.78, 5) is 16.3. The first-order valence-electron chi connectivity index (χ1n) is 6.30. The summed E-state index contributed by atoms with van der Waals surface area (Å²) in [5, 5.41) is 10.2. The van der Waals surface area contributed by atoms with E-state index in [2.05, 4.69) is 27.6 Å². The maximum Gasteiger partial charge on any atom is 0.258 e. The molecule has 7 heteroatoms. The lowest BCUT2D eigenvalue weighted by Gasteiger charge is -2.08. The molecule has 0 unspecified atom stereocenters. The highest BCUT2D eigenvalue weighted by Crippen LogP contribution is 2.19. The fourth-order valence-corrected chi connectivity index (χ4v) is 1.82. The minimum atomic E-state index is -0.310. The van der Waals surface area contributed by atoms with Crippen molar-refractivity contribution in [2.75, 3.05) is 17.2 Å². The van der Waals surface area contributed by atoms with Crippen molar-refractivity contribution in [3.8, 4) is 0 Å². The fourth-order valence-electron chi connectivity index (χ4n) is 1.63. The van der Waals surface area contributed by atoms with Crippen LogP contribution in [0.5, 0.6) is 0 Å². The van der Waals surface area contributed by atoms with Crippen LogP contribution in [0.2, 0.25) is 5.02 Å². The normalized spacial score (nSPS) is 10.3. The number of carbonyl (C=O) groups excluding carboxylic acids is 1. The van der Waals surface area contributed by atoms with Gasteiger partial charge in [-0.1, -0.05) is 18.5 Å². The Hall–Kier alpha value is -2.08. The van der Waals surface area contributed by atoms with E-state index in [1.165, 1.54) is 6.20 Å². The Labute approximate surface area is 122 Å². The lowest BCUT2D eigenvalue weighted by molar-refractivity contribution is 0.102. The molecule has 0 spiro atoms. The second kappa shape index (κ2) is 6.38. The number of aryl methyl sites for hydroxylation is 1. The van der Waals surface area contributed by atoms with Gasteiger partial charge in [0.05, 0.1) is 10.6 Å². The lowest BCUT2D eigenvalue weighted by Crippen LogP contribution is -2.14. The van der Waals surface area contributed by atoms with E-state index in [0.29, 0.717) is 22.2 Å². The first-order chi connectivity index (χ1) is 9.60. The Balaban J connectivity index is 2.15. The van der Waals surface area contributed by atoms with Crippen molar-refractivity contribution < 1.29 is 4.79 Å². The van der Waals surface area contributed by atoms with Crippen LogP contribution >= 0.6 is 11.6 Å². The molecule has 0 fully saturated rings. The standard InChI is InChI=1S/C13H16ClN5O/c1-3-5-15-12-7-9(10(14)8-16-12)13(20)17-11-4-6-19(2)18-11/h4,6-8H,3,5H2,1-2H3,(H,15,16)(H,17,18,20). The Morgan fingerprint density at radius 1 is 1.45 bits per heavy atom. The number of anilines is 2. The second-order valence-corrected chi connectivity index (χ2v) is 4.71. The Kier molecular flexibility index (Phi) is 4.57. The number of amides is 1. The van der Waals surface area contributed by atoms with Gasteiger partial charge < -0.3 is 10.6 Å². The molecule has 106 valence electrons. The first kappa shape index (κ1) is 14.3. The number of hydrogen-bond acceptors (Lipinski definition) is 4. The summed E-state index contributed by atoms with van der Waals surface area (Å²) in [6, 6.07) is 3.35. The van der Waals surface area contributed by atoms with Crippen molar-refractivity contribution in [1.29, 1.82) is 0 Å². The number of nitrogens with one attached hydrogen (secondary N) is 2. The molecule has 2 N–H and O–H groups in total. The van der Waals surface area contributed by atoms with E-state index in [4.69, 9.17) is 11.6 Å². The third-order valence-corrected chi connectivity index (χ3v) is 2.91. The Bertz CT molecular complexity index is 611. The largest absolute Gasteiger partial charge is 0.370 e. The van der Waals surface area contributed by atoms with E-state index >= 15 is 0 Å². The maximum atomic E-state index is 12.2. The predicted octanol–water partition coefficient (Wildman–Crippen LogP) is 2.54. The predicted molar refractivity (Wildman–Crippen MR) is 79.2 cm³/mol. The summed E-state index contributed by atoms with van der Waals surface area (Å²) >= 11 is 6.02. The summed E-state index contributed by atoms with van der Waals surface area (Å²) in [5.41, 5.74) is 0.367. The molecule has 1 amide bonds. The number of pyridine rings is 1. The fraction of sp³-hybridized carbons (Fsp3) is 0.308. The summed E-state index contributed by atoms with van der Waals surface area (Å²) in [7, 11) is 1.78. The molecule has 6 nitrogen and oxygen atoms in total. The van der Waals surface area contributed by atoms with E-state index < -0.39 is 0 Å². The topological polar surface area (TPSA) is 71.8 Å². The van der Waals surface area contributed by atoms with Gasteiger partial charge in [0, 0.05) is 32.1 Å². The van der Waals surface area contributed by atoms with E-state index in [0.717, 1.165) is 13.0 Å². The first-order valence-corrected chi connectivity index (χ1v) is 6.68. The highest BCUT2D eigenvalue weighted by molar-refractivity contribution is 6.34. The molecular formula is C13H16ClN5O. The minimum Gasteiger partial charge on any atom is -0.370 e. The number of rotatable bonds is 5. The minimum absolute atomic E-state index is 0.306. The molecule has 0 aliphatic rings. The zero-order valence-electron chi connectivity index (χ0n) is 11.4. The molecule has 2 heterocycles. The SMILES string of the molecule is CCCNc1cc(C(=O)Nc2ccn(C)n2)c(Cl)cn1. The van der Waals surface area contributed by atoms with E-state index in [1.54, 1.807) is 30.1 Å². The van der Waals surface area contributed by atoms with Crippen LogP contribution in [0.25, 0.3) is 0 Å². The van der Waals surface area contributed by atoms with E-state index in [1.807, 2.05) is 0 Å². The van der Waals surface area contributed by atoms with Crippen LogP contribution in [-0.2, 0) is 7.05 Å². The molecule has 0 atom stereocenters. The molecule has 20 heavy (non-hydrogen) atoms. The quantitative estimate of drug-likeness (QED) is 0.888. The van der Waals surface area contributed by atoms with Gasteiger partial charge in [-0.2, -0.15) is 5.10 Å². The Morgan fingerprint density at radius 3 is 2.90 bits per heavy atom. The van der Waals surface area contributed by atoms with Crippen LogP contribution in [0.3, 0.4) is 0 Å². The number of aromatic nitrogens is 3. The molecule has 2 aromatic rings. The monoisotopic (exact) mass is 293 g/mol. The van der Waals surface area contributed by atoms with E-state index in [-0.39, 0.29) is 5.91 Å². The van der Waals surface area contributed by atoms with Crippen LogP contribution in [0.15, 0.2) is 24.5 Å². The molecule has 0 saturated heterocycles. The van der Waals surface area contributed by atoms with Gasteiger partial charge in [-0.3, -0.25) is 9.48 Å². The number of nitrogens with zero attached hydrogens (tertiary/aromatic N) is 3. The smallest absolute Gasteiger partial charge is 0.258 e. The molecule has 2 aromatic heterocycles. The molecule has 0 aliphatic heterocycles. The van der Waals surface area contributed by atoms with Gasteiger partial charge in [0.25, 0.3) is 5.91 Å². The number of halogens is 1. The highest BCUT2D eigenvalue weighted by atomic mass is 35.5. The van der Waals surface area contributed by atoms with Crippen LogP contribution in [0.4, 0.5) is 11.6 Å². The van der Waals surface area contributed by atoms with Gasteiger partial charge in [0.15, 0.2) is 5.82 Å². The molecular weight excluding hydrogens is 278 g/mol. The van der Waals surface area contributed by atoms with Gasteiger partial charge in [-0.05, 0) is 12.5 Å². The number of carbonyl (C=O) groups is 1. The van der Waals surface area contributed by atoms with Gasteiger partial charge in [0.2, 0.25) is 0 Å². The van der Waals surface area contributed by atoms with Crippen molar-refractivity contribution in [3.05, 3.63) is 35.1 Å². The summed E-state index contributed by atoms with van der Waals surface area (Å²) < 4.78 is 1.61. The lowest BCUT2D eigenvalue weighted by atomic mass is 10.2. The van der Waals surface area contributed by atoms with Gasteiger partial charge in [0.1, 0.15) is 5.82 Å². The van der Waals surface area contributed by atoms with Crippen molar-refractivity contribution in [1.82, 2.24) is 14.8 Å². The van der Waals surface area contributed by atoms with Crippen molar-refractivity contribution in [2.24, 2.45) is 7.05 Å². The molecule has 2 rings (SSSR count). The summed E-state index contributed by atoms with van der Waals surface area (Å²) in [6.07, 6.45) is 4.19. The maximum absolute atomic E-state index is 12.2. The van der Waals surface area contributed by atoms with Crippen molar-refractivity contribution >= 4 is 29.1 Å². The summed E-state index contributed by atoms with van der Waals surface area (Å²) in [5.74, 6) is 0.798. The number of hydrogen-bond donors (Lipinski definition) is 2. The van der Waals surface area contributed by atoms with Gasteiger partial charge >= 0.3 is 0 Å². The van der Waals surface area contributed by atoms with Crippen LogP contribution < -0.4 is 10.6 Å². The highest BCUT2D eigenvalue weighted by Gasteiger charge is 2.13. The Morgan fingerprint density at radius 2 is 2.25 bits per heavy atom. The average Bonchev–Trinajstić information content (AvgIpc) is 2.83. The van der Waals surface area contributed by atoms with E-state index in [9.17, 15) is 4.79 Å². The van der Waals surface area contributed by atoms with Gasteiger partial charge in [-0.15, -0.1) is 0 Å². The third kappa shape index (κ3) is 3.48. The molecule has 0 radical (unpaired) electrons. The average molecular weight is 294 g/mol. The van der Waals surface area contributed by atoms with Crippen molar-refractivity contribution in [3.63, 3.8) is 0 Å². The van der Waals surface area contributed by atoms with Crippen LogP contribution in [0.1, 0.15) is 23.7 Å². The second-order valence-electron chi connectivity index (χ2n) is 4.30. The summed E-state index contributed by atoms with van der Waals surface area (Å²) in [6.45, 7) is 2.84. The zero-order chi connectivity index (χ0) is 14.5. The molecule has 0 aromatic carbocycles. The van der Waals surface area contributed by atoms with Crippen molar-refractivity contribution in [2.45, 2.75) is 13.3 Å². The van der Waals surface area contributed by atoms with Crippen LogP contribution in [0, 0.1) is 0 Å². The van der Waals surface area contributed by atoms with Gasteiger partial charge in [-0.25, -0.2) is 4.98 Å². The zero-order valence-corrected chi connectivity index (χ0v) is 12.1. The molecule has 0 saturated carbocycles. The molecule has 0 bridgehead atoms. The third-order valence-electron chi connectivity index (χ3n) is 2.61. The molecule has 0 aliphatic carbocycles.